The molecule has 0 bridgehead atoms. The van der Waals surface area contributed by atoms with Crippen molar-refractivity contribution in [3.05, 3.63) is 76.5 Å². The van der Waals surface area contributed by atoms with Crippen LogP contribution in [0, 0.1) is 10.1 Å². The molecule has 0 spiro atoms. The van der Waals surface area contributed by atoms with Crippen LogP contribution >= 0.6 is 0 Å². The van der Waals surface area contributed by atoms with Crippen molar-refractivity contribution in [3.8, 4) is 5.75 Å². The van der Waals surface area contributed by atoms with Crippen molar-refractivity contribution < 1.29 is 19.2 Å². The summed E-state index contributed by atoms with van der Waals surface area (Å²) >= 11 is 0. The number of hydrogen-bond donors (Lipinski definition) is 1. The number of hydrogen-bond acceptors (Lipinski definition) is 7. The minimum Gasteiger partial charge on any atom is -0.491 e. The van der Waals surface area contributed by atoms with E-state index < -0.39 is 10.9 Å². The standard InChI is InChI=1S/C22H21N3O5/c1-29-21(26)11-9-16-8-10-18(19(15-16)25(27)28)23-13-4-14-30-20-7-2-5-17-6-3-12-24-22(17)20/h2-3,5-12,15,23H,4,13-14H2,1H3. The molecule has 154 valence electrons. The monoisotopic (exact) mass is 407 g/mol. The van der Waals surface area contributed by atoms with E-state index in [0.717, 1.165) is 10.9 Å². The lowest BCUT2D eigenvalue weighted by Crippen LogP contribution is -2.09. The Morgan fingerprint density at radius 3 is 2.87 bits per heavy atom. The number of anilines is 1. The molecule has 30 heavy (non-hydrogen) atoms. The molecule has 1 heterocycles. The Hall–Kier alpha value is -3.94. The van der Waals surface area contributed by atoms with Crippen molar-refractivity contribution in [2.75, 3.05) is 25.6 Å². The van der Waals surface area contributed by atoms with Crippen LogP contribution in [-0.2, 0) is 9.53 Å². The van der Waals surface area contributed by atoms with Crippen molar-refractivity contribution in [1.29, 1.82) is 0 Å². The number of aromatic nitrogens is 1. The molecule has 0 aliphatic heterocycles. The molecule has 1 N–H and O–H groups in total. The number of esters is 1. The van der Waals surface area contributed by atoms with E-state index in [1.807, 2.05) is 30.3 Å². The topological polar surface area (TPSA) is 104 Å². The number of nitro groups is 1. The molecule has 0 amide bonds. The molecule has 3 rings (SSSR count). The maximum absolute atomic E-state index is 11.4. The predicted molar refractivity (Wildman–Crippen MR) is 114 cm³/mol. The van der Waals surface area contributed by atoms with Gasteiger partial charge in [-0.05, 0) is 36.3 Å². The molecule has 0 aliphatic rings. The summed E-state index contributed by atoms with van der Waals surface area (Å²) in [4.78, 5) is 26.4. The van der Waals surface area contributed by atoms with Crippen LogP contribution in [0.1, 0.15) is 12.0 Å². The summed E-state index contributed by atoms with van der Waals surface area (Å²) in [6, 6.07) is 14.3. The highest BCUT2D eigenvalue weighted by molar-refractivity contribution is 5.87. The average molecular weight is 407 g/mol. The van der Waals surface area contributed by atoms with Crippen LogP contribution in [0.5, 0.6) is 5.75 Å². The fourth-order valence-corrected chi connectivity index (χ4v) is 2.86. The highest BCUT2D eigenvalue weighted by atomic mass is 16.6. The van der Waals surface area contributed by atoms with Gasteiger partial charge >= 0.3 is 5.97 Å². The summed E-state index contributed by atoms with van der Waals surface area (Å²) in [5.41, 5.74) is 1.67. The molecule has 8 nitrogen and oxygen atoms in total. The van der Waals surface area contributed by atoms with Gasteiger partial charge in [-0.15, -0.1) is 0 Å². The van der Waals surface area contributed by atoms with E-state index in [9.17, 15) is 14.9 Å². The first-order valence-electron chi connectivity index (χ1n) is 9.33. The fraction of sp³-hybridized carbons (Fsp3) is 0.182. The largest absolute Gasteiger partial charge is 0.491 e. The van der Waals surface area contributed by atoms with Gasteiger partial charge in [0.25, 0.3) is 5.69 Å². The van der Waals surface area contributed by atoms with Crippen LogP contribution in [0.3, 0.4) is 0 Å². The Morgan fingerprint density at radius 1 is 1.23 bits per heavy atom. The third-order valence-corrected chi connectivity index (χ3v) is 4.32. The molecule has 2 aromatic carbocycles. The molecule has 0 aliphatic carbocycles. The van der Waals surface area contributed by atoms with Gasteiger partial charge in [0.1, 0.15) is 17.0 Å². The number of carbonyl (C=O) groups excluding carboxylic acids is 1. The first kappa shape index (κ1) is 20.8. The predicted octanol–water partition coefficient (Wildman–Crippen LogP) is 4.21. The van der Waals surface area contributed by atoms with Gasteiger partial charge in [-0.1, -0.05) is 24.3 Å². The number of nitro benzene ring substituents is 1. The summed E-state index contributed by atoms with van der Waals surface area (Å²) in [6.45, 7) is 0.937. The number of nitrogens with zero attached hydrogens (tertiary/aromatic N) is 2. The van der Waals surface area contributed by atoms with E-state index in [4.69, 9.17) is 4.74 Å². The molecular weight excluding hydrogens is 386 g/mol. The van der Waals surface area contributed by atoms with Crippen molar-refractivity contribution in [2.45, 2.75) is 6.42 Å². The third-order valence-electron chi connectivity index (χ3n) is 4.32. The van der Waals surface area contributed by atoms with Gasteiger partial charge in [0.05, 0.1) is 18.6 Å². The average Bonchev–Trinajstić information content (AvgIpc) is 2.77. The number of benzene rings is 2. The van der Waals surface area contributed by atoms with Gasteiger partial charge < -0.3 is 14.8 Å². The zero-order chi connectivity index (χ0) is 21.3. The van der Waals surface area contributed by atoms with E-state index in [0.29, 0.717) is 36.6 Å². The van der Waals surface area contributed by atoms with Gasteiger partial charge in [0.2, 0.25) is 0 Å². The van der Waals surface area contributed by atoms with Crippen molar-refractivity contribution in [2.24, 2.45) is 0 Å². The first-order valence-corrected chi connectivity index (χ1v) is 9.33. The third kappa shape index (κ3) is 5.32. The van der Waals surface area contributed by atoms with E-state index in [-0.39, 0.29) is 5.69 Å². The van der Waals surface area contributed by atoms with E-state index in [2.05, 4.69) is 15.0 Å². The van der Waals surface area contributed by atoms with Crippen LogP contribution in [-0.4, -0.2) is 36.1 Å². The van der Waals surface area contributed by atoms with Crippen molar-refractivity contribution in [1.82, 2.24) is 4.98 Å². The Morgan fingerprint density at radius 2 is 2.07 bits per heavy atom. The number of rotatable bonds is 9. The number of nitrogens with one attached hydrogen (secondary N) is 1. The van der Waals surface area contributed by atoms with E-state index in [1.54, 1.807) is 18.3 Å². The summed E-state index contributed by atoms with van der Waals surface area (Å²) in [5, 5.41) is 15.5. The van der Waals surface area contributed by atoms with Crippen molar-refractivity contribution in [3.63, 3.8) is 0 Å². The van der Waals surface area contributed by atoms with Gasteiger partial charge in [-0.2, -0.15) is 0 Å². The number of methoxy groups -OCH3 is 1. The lowest BCUT2D eigenvalue weighted by atomic mass is 10.1. The van der Waals surface area contributed by atoms with Gasteiger partial charge in [0, 0.05) is 30.3 Å². The molecule has 0 saturated heterocycles. The normalized spacial score (nSPS) is 10.8. The second kappa shape index (κ2) is 10.0. The molecule has 0 fully saturated rings. The summed E-state index contributed by atoms with van der Waals surface area (Å²) < 4.78 is 10.3. The zero-order valence-electron chi connectivity index (χ0n) is 16.4. The van der Waals surface area contributed by atoms with E-state index in [1.165, 1.54) is 25.3 Å². The molecule has 1 aromatic heterocycles. The number of para-hydroxylation sites is 1. The SMILES string of the molecule is COC(=O)C=Cc1ccc(NCCCOc2cccc3cccnc23)c([N+](=O)[O-])c1. The van der Waals surface area contributed by atoms with Gasteiger partial charge in [-0.25, -0.2) is 4.79 Å². The molecule has 0 atom stereocenters. The lowest BCUT2D eigenvalue weighted by molar-refractivity contribution is -0.384. The maximum atomic E-state index is 11.4. The number of ether oxygens (including phenoxy) is 2. The second-order valence-electron chi connectivity index (χ2n) is 6.35. The Labute approximate surface area is 173 Å². The minimum absolute atomic E-state index is 0.0683. The lowest BCUT2D eigenvalue weighted by Gasteiger charge is -2.10. The number of carbonyl (C=O) groups is 1. The Kier molecular flexibility index (Phi) is 6.94. The molecule has 0 radical (unpaired) electrons. The molecular formula is C22H21N3O5. The van der Waals surface area contributed by atoms with Crippen LogP contribution in [0.15, 0.2) is 60.8 Å². The quantitative estimate of drug-likeness (QED) is 0.186. The highest BCUT2D eigenvalue weighted by Gasteiger charge is 2.13. The van der Waals surface area contributed by atoms with Crippen LogP contribution in [0.25, 0.3) is 17.0 Å². The fourth-order valence-electron chi connectivity index (χ4n) is 2.86. The number of pyridine rings is 1. The Balaban J connectivity index is 1.57. The number of fused-ring (bicyclic) bond motifs is 1. The van der Waals surface area contributed by atoms with Gasteiger partial charge in [-0.3, -0.25) is 15.1 Å². The van der Waals surface area contributed by atoms with Crippen LogP contribution in [0.2, 0.25) is 0 Å². The summed E-state index contributed by atoms with van der Waals surface area (Å²) in [7, 11) is 1.27. The molecule has 0 saturated carbocycles. The second-order valence-corrected chi connectivity index (χ2v) is 6.35. The zero-order valence-corrected chi connectivity index (χ0v) is 16.4. The molecule has 8 heteroatoms. The maximum Gasteiger partial charge on any atom is 0.330 e. The summed E-state index contributed by atoms with van der Waals surface area (Å²) in [5.74, 6) is 0.182. The molecule has 3 aromatic rings. The van der Waals surface area contributed by atoms with Crippen LogP contribution < -0.4 is 10.1 Å². The van der Waals surface area contributed by atoms with Gasteiger partial charge in [0.15, 0.2) is 0 Å². The summed E-state index contributed by atoms with van der Waals surface area (Å²) in [6.07, 6.45) is 5.05. The Bertz CT molecular complexity index is 1080. The molecule has 0 unspecified atom stereocenters. The van der Waals surface area contributed by atoms with E-state index >= 15 is 0 Å². The smallest absolute Gasteiger partial charge is 0.330 e. The van der Waals surface area contributed by atoms with Crippen molar-refractivity contribution >= 4 is 34.3 Å². The minimum atomic E-state index is -0.527. The highest BCUT2D eigenvalue weighted by Crippen LogP contribution is 2.26. The van der Waals surface area contributed by atoms with Crippen LogP contribution in [0.4, 0.5) is 11.4 Å². The first-order chi connectivity index (χ1) is 14.6.